The van der Waals surface area contributed by atoms with Gasteiger partial charge in [-0.05, 0) is 38.0 Å². The van der Waals surface area contributed by atoms with Crippen LogP contribution in [0.15, 0.2) is 18.2 Å². The number of benzene rings is 1. The Bertz CT molecular complexity index is 422. The third-order valence-electron chi connectivity index (χ3n) is 2.69. The highest BCUT2D eigenvalue weighted by Crippen LogP contribution is 2.18. The first-order valence-corrected chi connectivity index (χ1v) is 7.07. The third kappa shape index (κ3) is 5.48. The first-order valence-electron chi connectivity index (χ1n) is 7.07. The number of hydrogen-bond donors (Lipinski definition) is 2. The fraction of sp³-hybridized carbons (Fsp3) is 0.533. The van der Waals surface area contributed by atoms with Gasteiger partial charge in [-0.15, -0.1) is 0 Å². The molecular formula is C15H24N2O3. The van der Waals surface area contributed by atoms with Crippen molar-refractivity contribution in [2.24, 2.45) is 0 Å². The lowest BCUT2D eigenvalue weighted by Gasteiger charge is -2.10. The van der Waals surface area contributed by atoms with Crippen molar-refractivity contribution in [1.29, 1.82) is 0 Å². The molecule has 3 N–H and O–H groups in total. The molecule has 1 rings (SSSR count). The van der Waals surface area contributed by atoms with Crippen molar-refractivity contribution in [3.8, 4) is 0 Å². The summed E-state index contributed by atoms with van der Waals surface area (Å²) in [6.07, 6.45) is 1.95. The minimum absolute atomic E-state index is 0.338. The van der Waals surface area contributed by atoms with E-state index in [-0.39, 0.29) is 5.97 Å². The standard InChI is InChI=1S/C15H24N2O3/c1-3-9-19-10-5-8-17-12-6-7-14(16)13(11-12)15(18)20-4-2/h6-7,11,17H,3-5,8-10,16H2,1-2H3. The molecule has 0 fully saturated rings. The van der Waals surface area contributed by atoms with Crippen LogP contribution in [-0.4, -0.2) is 32.3 Å². The van der Waals surface area contributed by atoms with E-state index in [1.165, 1.54) is 0 Å². The third-order valence-corrected chi connectivity index (χ3v) is 2.69. The zero-order valence-electron chi connectivity index (χ0n) is 12.3. The van der Waals surface area contributed by atoms with E-state index in [4.69, 9.17) is 15.2 Å². The number of anilines is 2. The van der Waals surface area contributed by atoms with E-state index in [1.54, 1.807) is 19.1 Å². The molecule has 1 aromatic rings. The highest BCUT2D eigenvalue weighted by atomic mass is 16.5. The zero-order valence-corrected chi connectivity index (χ0v) is 12.3. The quantitative estimate of drug-likeness (QED) is 0.413. The van der Waals surface area contributed by atoms with Crippen LogP contribution in [0.1, 0.15) is 37.0 Å². The molecule has 0 saturated heterocycles. The van der Waals surface area contributed by atoms with Crippen molar-refractivity contribution >= 4 is 17.3 Å². The van der Waals surface area contributed by atoms with Gasteiger partial charge in [0.15, 0.2) is 0 Å². The number of nitrogen functional groups attached to an aromatic ring is 1. The predicted molar refractivity (Wildman–Crippen MR) is 81.0 cm³/mol. The van der Waals surface area contributed by atoms with Crippen molar-refractivity contribution in [3.63, 3.8) is 0 Å². The molecule has 0 unspecified atom stereocenters. The number of carbonyl (C=O) groups excluding carboxylic acids is 1. The van der Waals surface area contributed by atoms with E-state index in [2.05, 4.69) is 12.2 Å². The fourth-order valence-corrected chi connectivity index (χ4v) is 1.71. The molecule has 0 atom stereocenters. The summed E-state index contributed by atoms with van der Waals surface area (Å²) in [7, 11) is 0. The Morgan fingerprint density at radius 3 is 2.80 bits per heavy atom. The molecule has 0 bridgehead atoms. The van der Waals surface area contributed by atoms with Gasteiger partial charge in [0.05, 0.1) is 12.2 Å². The fourth-order valence-electron chi connectivity index (χ4n) is 1.71. The summed E-state index contributed by atoms with van der Waals surface area (Å²) in [5.41, 5.74) is 7.47. The Kier molecular flexibility index (Phi) is 7.50. The maximum Gasteiger partial charge on any atom is 0.340 e. The van der Waals surface area contributed by atoms with Gasteiger partial charge >= 0.3 is 5.97 Å². The Balaban J connectivity index is 2.46. The van der Waals surface area contributed by atoms with Crippen LogP contribution in [0.2, 0.25) is 0 Å². The van der Waals surface area contributed by atoms with Crippen LogP contribution in [0, 0.1) is 0 Å². The molecule has 0 amide bonds. The molecule has 0 aliphatic carbocycles. The Morgan fingerprint density at radius 2 is 2.10 bits per heavy atom. The first kappa shape index (κ1) is 16.3. The van der Waals surface area contributed by atoms with Crippen LogP contribution in [0.4, 0.5) is 11.4 Å². The second kappa shape index (κ2) is 9.20. The number of nitrogens with one attached hydrogen (secondary N) is 1. The summed E-state index contributed by atoms with van der Waals surface area (Å²) in [6.45, 7) is 6.52. The molecule has 112 valence electrons. The van der Waals surface area contributed by atoms with E-state index in [0.29, 0.717) is 17.9 Å². The molecule has 20 heavy (non-hydrogen) atoms. The summed E-state index contributed by atoms with van der Waals surface area (Å²) in [4.78, 5) is 11.7. The van der Waals surface area contributed by atoms with Gasteiger partial charge in [0.2, 0.25) is 0 Å². The van der Waals surface area contributed by atoms with Crippen molar-refractivity contribution in [3.05, 3.63) is 23.8 Å². The van der Waals surface area contributed by atoms with Gasteiger partial charge in [-0.3, -0.25) is 0 Å². The van der Waals surface area contributed by atoms with E-state index < -0.39 is 0 Å². The summed E-state index contributed by atoms with van der Waals surface area (Å²) in [6, 6.07) is 5.29. The molecule has 5 heteroatoms. The topological polar surface area (TPSA) is 73.6 Å². The largest absolute Gasteiger partial charge is 0.462 e. The lowest BCUT2D eigenvalue weighted by atomic mass is 10.1. The summed E-state index contributed by atoms with van der Waals surface area (Å²) in [5.74, 6) is -0.389. The number of carbonyl (C=O) groups is 1. The van der Waals surface area contributed by atoms with Crippen LogP contribution in [0.5, 0.6) is 0 Å². The maximum atomic E-state index is 11.7. The van der Waals surface area contributed by atoms with Crippen molar-refractivity contribution in [2.45, 2.75) is 26.7 Å². The lowest BCUT2D eigenvalue weighted by Crippen LogP contribution is -2.10. The second-order valence-corrected chi connectivity index (χ2v) is 4.42. The Labute approximate surface area is 120 Å². The number of hydrogen-bond acceptors (Lipinski definition) is 5. The van der Waals surface area contributed by atoms with E-state index in [9.17, 15) is 4.79 Å². The highest BCUT2D eigenvalue weighted by Gasteiger charge is 2.11. The van der Waals surface area contributed by atoms with Gasteiger partial charge in [0.1, 0.15) is 0 Å². The van der Waals surface area contributed by atoms with Crippen LogP contribution in [0.25, 0.3) is 0 Å². The van der Waals surface area contributed by atoms with Gasteiger partial charge in [-0.25, -0.2) is 4.79 Å². The number of esters is 1. The molecule has 1 aromatic carbocycles. The Morgan fingerprint density at radius 1 is 1.30 bits per heavy atom. The monoisotopic (exact) mass is 280 g/mol. The number of ether oxygens (including phenoxy) is 2. The minimum Gasteiger partial charge on any atom is -0.462 e. The average Bonchev–Trinajstić information content (AvgIpc) is 2.44. The van der Waals surface area contributed by atoms with Gasteiger partial charge in [-0.2, -0.15) is 0 Å². The molecule has 0 aromatic heterocycles. The first-order chi connectivity index (χ1) is 9.69. The second-order valence-electron chi connectivity index (χ2n) is 4.42. The SMILES string of the molecule is CCCOCCCNc1ccc(N)c(C(=O)OCC)c1. The van der Waals surface area contributed by atoms with Crippen LogP contribution < -0.4 is 11.1 Å². The maximum absolute atomic E-state index is 11.7. The van der Waals surface area contributed by atoms with E-state index in [1.807, 2.05) is 6.07 Å². The zero-order chi connectivity index (χ0) is 14.8. The summed E-state index contributed by atoms with van der Waals surface area (Å²) in [5, 5.41) is 3.24. The van der Waals surface area contributed by atoms with Crippen molar-refractivity contribution in [2.75, 3.05) is 37.4 Å². The smallest absolute Gasteiger partial charge is 0.340 e. The minimum atomic E-state index is -0.389. The average molecular weight is 280 g/mol. The molecule has 0 saturated carbocycles. The molecule has 0 aliphatic rings. The Hall–Kier alpha value is -1.75. The summed E-state index contributed by atoms with van der Waals surface area (Å²) < 4.78 is 10.4. The van der Waals surface area contributed by atoms with Gasteiger partial charge in [0, 0.05) is 31.1 Å². The lowest BCUT2D eigenvalue weighted by molar-refractivity contribution is 0.0527. The number of rotatable bonds is 9. The molecule has 0 heterocycles. The van der Waals surface area contributed by atoms with Crippen LogP contribution in [-0.2, 0) is 9.47 Å². The summed E-state index contributed by atoms with van der Waals surface area (Å²) >= 11 is 0. The molecule has 0 radical (unpaired) electrons. The van der Waals surface area contributed by atoms with Crippen LogP contribution >= 0.6 is 0 Å². The van der Waals surface area contributed by atoms with E-state index >= 15 is 0 Å². The predicted octanol–water partition coefficient (Wildman–Crippen LogP) is 2.67. The molecule has 0 spiro atoms. The van der Waals surface area contributed by atoms with Gasteiger partial charge < -0.3 is 20.5 Å². The van der Waals surface area contributed by atoms with Gasteiger partial charge in [0.25, 0.3) is 0 Å². The molecule has 0 aliphatic heterocycles. The molecular weight excluding hydrogens is 256 g/mol. The van der Waals surface area contributed by atoms with Crippen molar-refractivity contribution < 1.29 is 14.3 Å². The number of nitrogens with two attached hydrogens (primary N) is 1. The molecule has 5 nitrogen and oxygen atoms in total. The van der Waals surface area contributed by atoms with E-state index in [0.717, 1.165) is 38.3 Å². The highest BCUT2D eigenvalue weighted by molar-refractivity contribution is 5.96. The van der Waals surface area contributed by atoms with Crippen LogP contribution in [0.3, 0.4) is 0 Å². The van der Waals surface area contributed by atoms with Crippen molar-refractivity contribution in [1.82, 2.24) is 0 Å². The van der Waals surface area contributed by atoms with Gasteiger partial charge in [-0.1, -0.05) is 6.92 Å². The normalized spacial score (nSPS) is 10.3.